The molecule has 0 aromatic rings. The maximum absolute atomic E-state index is 2.33. The summed E-state index contributed by atoms with van der Waals surface area (Å²) in [6.07, 6.45) is 2.66. The fourth-order valence-electron chi connectivity index (χ4n) is 0.805. The number of hydrogen-bond donors (Lipinski definition) is 0. The van der Waals surface area contributed by atoms with Gasteiger partial charge in [-0.15, -0.1) is 0 Å². The van der Waals surface area contributed by atoms with Gasteiger partial charge < -0.3 is 0 Å². The largest absolute Gasteiger partial charge is 0.0683 e. The molecule has 0 radical (unpaired) electrons. The highest BCUT2D eigenvalue weighted by Crippen LogP contribution is 2.16. The van der Waals surface area contributed by atoms with Crippen LogP contribution < -0.4 is 0 Å². The van der Waals surface area contributed by atoms with E-state index >= 15 is 0 Å². The van der Waals surface area contributed by atoms with Gasteiger partial charge in [-0.2, -0.15) is 0 Å². The van der Waals surface area contributed by atoms with E-state index in [4.69, 9.17) is 0 Å². The molecule has 0 saturated carbocycles. The molecule has 0 aromatic heterocycles. The Bertz CT molecular complexity index is 40.0. The van der Waals surface area contributed by atoms with E-state index in [1.54, 1.807) is 0 Å². The molecule has 0 N–H and O–H groups in total. The van der Waals surface area contributed by atoms with E-state index in [-0.39, 0.29) is 0 Å². The van der Waals surface area contributed by atoms with E-state index in [2.05, 4.69) is 27.7 Å². The highest BCUT2D eigenvalue weighted by atomic mass is 14.1. The van der Waals surface area contributed by atoms with Gasteiger partial charge in [0.15, 0.2) is 0 Å². The lowest BCUT2D eigenvalue weighted by molar-refractivity contribution is 0.367. The Hall–Kier alpha value is 0. The second kappa shape index (κ2) is 29.2. The van der Waals surface area contributed by atoms with Crippen molar-refractivity contribution < 1.29 is 0 Å². The van der Waals surface area contributed by atoms with Crippen molar-refractivity contribution in [1.29, 1.82) is 0 Å². The maximum Gasteiger partial charge on any atom is -0.0420 e. The fraction of sp³-hybridized carbons (Fsp3) is 1.00. The van der Waals surface area contributed by atoms with Crippen LogP contribution in [0.1, 0.15) is 82.1 Å². The molecule has 0 heterocycles. The second-order valence-electron chi connectivity index (χ2n) is 2.77. The lowest BCUT2D eigenvalue weighted by Crippen LogP contribution is -2.04. The summed E-state index contributed by atoms with van der Waals surface area (Å²) in [5.41, 5.74) is 0. The van der Waals surface area contributed by atoms with Crippen molar-refractivity contribution in [2.24, 2.45) is 11.8 Å². The number of hydrogen-bond acceptors (Lipinski definition) is 0. The van der Waals surface area contributed by atoms with Crippen molar-refractivity contribution in [3.8, 4) is 0 Å². The van der Waals surface area contributed by atoms with Gasteiger partial charge >= 0.3 is 0 Å². The monoisotopic (exact) mass is 204 g/mol. The molecule has 0 aliphatic heterocycles. The molecular formula is C14H36. The van der Waals surface area contributed by atoms with Crippen LogP contribution in [0.5, 0.6) is 0 Å². The normalized spacial score (nSPS) is 11.6. The van der Waals surface area contributed by atoms with Crippen LogP contribution in [0.2, 0.25) is 0 Å². The Kier molecular flexibility index (Phi) is 49.4. The molecule has 0 aliphatic rings. The molecule has 0 saturated heterocycles. The molecule has 0 aliphatic carbocycles. The Morgan fingerprint density at radius 3 is 0.786 bits per heavy atom. The van der Waals surface area contributed by atoms with Gasteiger partial charge in [-0.05, 0) is 11.8 Å². The average Bonchev–Trinajstić information content (AvgIpc) is 2.34. The molecule has 0 rings (SSSR count). The summed E-state index contributed by atoms with van der Waals surface area (Å²) in [6, 6.07) is 0. The quantitative estimate of drug-likeness (QED) is 0.516. The minimum atomic E-state index is 0.917. The van der Waals surface area contributed by atoms with Gasteiger partial charge in [0.2, 0.25) is 0 Å². The molecule has 0 fully saturated rings. The summed E-state index contributed by atoms with van der Waals surface area (Å²) in [4.78, 5) is 0. The SMILES string of the molecule is CC.CC.CC.CCC(C)C(C)CC. The first-order chi connectivity index (χ1) is 6.72. The van der Waals surface area contributed by atoms with Crippen LogP contribution in [-0.2, 0) is 0 Å². The van der Waals surface area contributed by atoms with Gasteiger partial charge in [0.25, 0.3) is 0 Å². The van der Waals surface area contributed by atoms with Crippen molar-refractivity contribution in [3.05, 3.63) is 0 Å². The molecule has 2 unspecified atom stereocenters. The Labute approximate surface area is 94.5 Å². The third kappa shape index (κ3) is 22.7. The predicted octanol–water partition coefficient (Wildman–Crippen LogP) is 6.16. The molecule has 14 heavy (non-hydrogen) atoms. The third-order valence-electron chi connectivity index (χ3n) is 2.26. The van der Waals surface area contributed by atoms with Gasteiger partial charge in [0, 0.05) is 0 Å². The van der Waals surface area contributed by atoms with Gasteiger partial charge in [0.1, 0.15) is 0 Å². The van der Waals surface area contributed by atoms with E-state index in [1.165, 1.54) is 12.8 Å². The highest BCUT2D eigenvalue weighted by molar-refractivity contribution is 4.56. The molecule has 92 valence electrons. The van der Waals surface area contributed by atoms with Crippen LogP contribution in [0.15, 0.2) is 0 Å². The summed E-state index contributed by atoms with van der Waals surface area (Å²) in [5, 5.41) is 0. The van der Waals surface area contributed by atoms with E-state index in [0.717, 1.165) is 11.8 Å². The Morgan fingerprint density at radius 2 is 0.714 bits per heavy atom. The first-order valence-corrected chi connectivity index (χ1v) is 6.72. The van der Waals surface area contributed by atoms with E-state index < -0.39 is 0 Å². The zero-order chi connectivity index (χ0) is 12.6. The molecule has 0 heteroatoms. The molecule has 0 aromatic carbocycles. The zero-order valence-electron chi connectivity index (χ0n) is 12.6. The van der Waals surface area contributed by atoms with Crippen LogP contribution in [0.3, 0.4) is 0 Å². The Balaban J connectivity index is -0.0000000708. The fourth-order valence-corrected chi connectivity index (χ4v) is 0.805. The van der Waals surface area contributed by atoms with Gasteiger partial charge in [-0.3, -0.25) is 0 Å². The number of rotatable bonds is 3. The van der Waals surface area contributed by atoms with Crippen LogP contribution in [-0.4, -0.2) is 0 Å². The lowest BCUT2D eigenvalue weighted by Gasteiger charge is -2.14. The van der Waals surface area contributed by atoms with Crippen molar-refractivity contribution in [2.45, 2.75) is 82.1 Å². The highest BCUT2D eigenvalue weighted by Gasteiger charge is 2.05. The molecule has 0 nitrogen and oxygen atoms in total. The van der Waals surface area contributed by atoms with Gasteiger partial charge in [-0.25, -0.2) is 0 Å². The van der Waals surface area contributed by atoms with E-state index in [1.807, 2.05) is 41.5 Å². The van der Waals surface area contributed by atoms with Crippen LogP contribution >= 0.6 is 0 Å². The van der Waals surface area contributed by atoms with E-state index in [9.17, 15) is 0 Å². The smallest absolute Gasteiger partial charge is 0.0420 e. The minimum Gasteiger partial charge on any atom is -0.0683 e. The molecule has 0 bridgehead atoms. The molecule has 0 amide bonds. The Morgan fingerprint density at radius 1 is 0.571 bits per heavy atom. The lowest BCUT2D eigenvalue weighted by atomic mass is 9.92. The topological polar surface area (TPSA) is 0 Å². The molecule has 2 atom stereocenters. The second-order valence-corrected chi connectivity index (χ2v) is 2.77. The maximum atomic E-state index is 2.33. The average molecular weight is 204 g/mol. The third-order valence-corrected chi connectivity index (χ3v) is 2.26. The first-order valence-electron chi connectivity index (χ1n) is 6.72. The summed E-state index contributed by atoms with van der Waals surface area (Å²) in [5.74, 6) is 1.83. The van der Waals surface area contributed by atoms with Crippen LogP contribution in [0.4, 0.5) is 0 Å². The summed E-state index contributed by atoms with van der Waals surface area (Å²) in [7, 11) is 0. The van der Waals surface area contributed by atoms with E-state index in [0.29, 0.717) is 0 Å². The van der Waals surface area contributed by atoms with Crippen molar-refractivity contribution in [1.82, 2.24) is 0 Å². The standard InChI is InChI=1S/C8H18.3C2H6/c1-5-7(3)8(4)6-2;3*1-2/h7-8H,5-6H2,1-4H3;3*1-2H3. The van der Waals surface area contributed by atoms with Crippen molar-refractivity contribution in [2.75, 3.05) is 0 Å². The minimum absolute atomic E-state index is 0.917. The summed E-state index contributed by atoms with van der Waals surface area (Å²) in [6.45, 7) is 21.2. The predicted molar refractivity (Wildman–Crippen MR) is 73.0 cm³/mol. The van der Waals surface area contributed by atoms with Gasteiger partial charge in [-0.1, -0.05) is 82.1 Å². The summed E-state index contributed by atoms with van der Waals surface area (Å²) >= 11 is 0. The summed E-state index contributed by atoms with van der Waals surface area (Å²) < 4.78 is 0. The van der Waals surface area contributed by atoms with Crippen LogP contribution in [0, 0.1) is 11.8 Å². The first kappa shape index (κ1) is 23.7. The van der Waals surface area contributed by atoms with Crippen molar-refractivity contribution >= 4 is 0 Å². The van der Waals surface area contributed by atoms with Gasteiger partial charge in [0.05, 0.1) is 0 Å². The molecular weight excluding hydrogens is 168 g/mol. The van der Waals surface area contributed by atoms with Crippen molar-refractivity contribution in [3.63, 3.8) is 0 Å². The van der Waals surface area contributed by atoms with Crippen LogP contribution in [0.25, 0.3) is 0 Å². The zero-order valence-corrected chi connectivity index (χ0v) is 12.6. The molecule has 0 spiro atoms.